The standard InChI is InChI=1S/C16H13.C15H13.C13H10.Zr/c1-12-10-14-8-5-9-15(16(14)11-12)13-6-3-2-4-7-13;1-10-3-5-14-12(7-10)9-13-8-11(2)4-6-15(13)14;1-3-7-12(8-4-1)11-13-9-5-2-6-10-13;/h2-11H,1H3;3-9H,1-2H3;1-10H;/q2*-1;;+2. The molecule has 0 aromatic heterocycles. The van der Waals surface area contributed by atoms with Crippen molar-refractivity contribution in [1.82, 2.24) is 0 Å². The van der Waals surface area contributed by atoms with Gasteiger partial charge in [0.25, 0.3) is 0 Å². The molecular formula is C44H36Zr. The first-order valence-electron chi connectivity index (χ1n) is 15.4. The van der Waals surface area contributed by atoms with E-state index in [1.807, 2.05) is 0 Å². The van der Waals surface area contributed by atoms with Crippen LogP contribution in [0.3, 0.4) is 0 Å². The molecule has 0 aliphatic carbocycles. The van der Waals surface area contributed by atoms with Gasteiger partial charge in [0.2, 0.25) is 0 Å². The summed E-state index contributed by atoms with van der Waals surface area (Å²) in [7, 11) is 0. The van der Waals surface area contributed by atoms with Crippen molar-refractivity contribution in [1.29, 1.82) is 0 Å². The Morgan fingerprint density at radius 2 is 0.956 bits per heavy atom. The van der Waals surface area contributed by atoms with E-state index < -0.39 is 0 Å². The van der Waals surface area contributed by atoms with E-state index in [9.17, 15) is 0 Å². The number of benzene rings is 6. The molecular weight excluding hydrogens is 620 g/mol. The number of hydrogen-bond acceptors (Lipinski definition) is 0. The van der Waals surface area contributed by atoms with Gasteiger partial charge < -0.3 is 0 Å². The van der Waals surface area contributed by atoms with Gasteiger partial charge in [-0.3, -0.25) is 0 Å². The second-order valence-corrected chi connectivity index (χ2v) is 12.9. The van der Waals surface area contributed by atoms with Crippen LogP contribution < -0.4 is 0 Å². The summed E-state index contributed by atoms with van der Waals surface area (Å²) >= 11 is 1.46. The topological polar surface area (TPSA) is 0 Å². The molecule has 0 spiro atoms. The summed E-state index contributed by atoms with van der Waals surface area (Å²) in [5.41, 5.74) is 9.26. The second-order valence-electron chi connectivity index (χ2n) is 11.6. The van der Waals surface area contributed by atoms with Gasteiger partial charge in [0, 0.05) is 0 Å². The average molecular weight is 656 g/mol. The van der Waals surface area contributed by atoms with Gasteiger partial charge in [0.05, 0.1) is 0 Å². The van der Waals surface area contributed by atoms with Crippen molar-refractivity contribution < 1.29 is 24.2 Å². The Balaban J connectivity index is 0.000000119. The Kier molecular flexibility index (Phi) is 9.59. The summed E-state index contributed by atoms with van der Waals surface area (Å²) in [5, 5.41) is 8.14. The Bertz CT molecular complexity index is 2080. The normalized spacial score (nSPS) is 10.7. The van der Waals surface area contributed by atoms with Crippen LogP contribution in [0, 0.1) is 20.8 Å². The van der Waals surface area contributed by atoms with Crippen molar-refractivity contribution in [2.45, 2.75) is 20.8 Å². The summed E-state index contributed by atoms with van der Waals surface area (Å²) in [6, 6.07) is 58.3. The zero-order valence-corrected chi connectivity index (χ0v) is 28.5. The molecule has 8 aromatic rings. The first-order chi connectivity index (χ1) is 22.0. The monoisotopic (exact) mass is 654 g/mol. The van der Waals surface area contributed by atoms with Crippen LogP contribution in [0.5, 0.6) is 0 Å². The number of rotatable bonds is 3. The van der Waals surface area contributed by atoms with Crippen molar-refractivity contribution in [3.05, 3.63) is 192 Å². The van der Waals surface area contributed by atoms with Crippen LogP contribution in [0.4, 0.5) is 0 Å². The Hall–Kier alpha value is -4.45. The van der Waals surface area contributed by atoms with Crippen LogP contribution in [0.2, 0.25) is 0 Å². The third-order valence-corrected chi connectivity index (χ3v) is 9.54. The minimum atomic E-state index is 1.29. The number of fused-ring (bicyclic) bond motifs is 4. The predicted molar refractivity (Wildman–Crippen MR) is 192 cm³/mol. The Morgan fingerprint density at radius 3 is 1.49 bits per heavy atom. The minimum absolute atomic E-state index is 1.29. The van der Waals surface area contributed by atoms with Crippen molar-refractivity contribution in [3.8, 4) is 11.1 Å². The molecule has 0 aliphatic heterocycles. The molecule has 0 fully saturated rings. The van der Waals surface area contributed by atoms with Crippen molar-refractivity contribution in [2.24, 2.45) is 0 Å². The summed E-state index contributed by atoms with van der Waals surface area (Å²) in [6.07, 6.45) is 0. The first kappa shape index (κ1) is 30.6. The van der Waals surface area contributed by atoms with Gasteiger partial charge in [-0.15, -0.1) is 74.3 Å². The maximum absolute atomic E-state index is 2.28. The first-order valence-corrected chi connectivity index (χ1v) is 16.7. The van der Waals surface area contributed by atoms with Crippen LogP contribution in [0.15, 0.2) is 164 Å². The van der Waals surface area contributed by atoms with Gasteiger partial charge in [0.1, 0.15) is 0 Å². The molecule has 216 valence electrons. The zero-order valence-electron chi connectivity index (χ0n) is 26.1. The van der Waals surface area contributed by atoms with Gasteiger partial charge >= 0.3 is 99.2 Å². The number of hydrogen-bond donors (Lipinski definition) is 0. The fourth-order valence-corrected chi connectivity index (χ4v) is 6.71. The third kappa shape index (κ3) is 7.28. The van der Waals surface area contributed by atoms with Crippen LogP contribution in [0.1, 0.15) is 27.8 Å². The van der Waals surface area contributed by atoms with E-state index in [0.717, 1.165) is 0 Å². The van der Waals surface area contributed by atoms with Crippen LogP contribution in [-0.2, 0) is 24.2 Å². The van der Waals surface area contributed by atoms with Gasteiger partial charge in [-0.1, -0.05) is 84.3 Å². The Labute approximate surface area is 281 Å². The molecule has 0 nitrogen and oxygen atoms in total. The fourth-order valence-electron chi connectivity index (χ4n) is 5.89. The quantitative estimate of drug-likeness (QED) is 0.166. The molecule has 0 saturated heterocycles. The molecule has 0 atom stereocenters. The maximum atomic E-state index is 2.28. The molecule has 0 amide bonds. The van der Waals surface area contributed by atoms with Gasteiger partial charge in [-0.2, -0.15) is 6.07 Å². The molecule has 0 unspecified atom stereocenters. The summed E-state index contributed by atoms with van der Waals surface area (Å²) in [4.78, 5) is 0. The van der Waals surface area contributed by atoms with E-state index >= 15 is 0 Å². The summed E-state index contributed by atoms with van der Waals surface area (Å²) in [6.45, 7) is 6.43. The van der Waals surface area contributed by atoms with Crippen LogP contribution in [-0.4, -0.2) is 3.21 Å². The van der Waals surface area contributed by atoms with Gasteiger partial charge in [-0.05, 0) is 19.4 Å². The van der Waals surface area contributed by atoms with Gasteiger partial charge in [0.15, 0.2) is 0 Å². The third-order valence-electron chi connectivity index (χ3n) is 8.12. The van der Waals surface area contributed by atoms with E-state index in [1.165, 1.54) is 98.7 Å². The van der Waals surface area contributed by atoms with Gasteiger partial charge in [-0.25, -0.2) is 0 Å². The molecule has 8 aromatic carbocycles. The van der Waals surface area contributed by atoms with E-state index in [1.54, 1.807) is 0 Å². The van der Waals surface area contributed by atoms with E-state index in [-0.39, 0.29) is 0 Å². The van der Waals surface area contributed by atoms with Crippen molar-refractivity contribution in [3.63, 3.8) is 0 Å². The van der Waals surface area contributed by atoms with E-state index in [4.69, 9.17) is 0 Å². The average Bonchev–Trinajstić information content (AvgIpc) is 3.64. The second kappa shape index (κ2) is 14.1. The zero-order chi connectivity index (χ0) is 31.2. The molecule has 45 heavy (non-hydrogen) atoms. The van der Waals surface area contributed by atoms with Crippen molar-refractivity contribution >= 4 is 35.5 Å². The molecule has 0 heterocycles. The molecule has 0 bridgehead atoms. The van der Waals surface area contributed by atoms with Crippen molar-refractivity contribution in [2.75, 3.05) is 0 Å². The molecule has 0 saturated carbocycles. The molecule has 0 N–H and O–H groups in total. The van der Waals surface area contributed by atoms with Crippen LogP contribution in [0.25, 0.3) is 43.4 Å². The van der Waals surface area contributed by atoms with E-state index in [2.05, 4.69) is 185 Å². The summed E-state index contributed by atoms with van der Waals surface area (Å²) < 4.78 is 1.42. The molecule has 8 rings (SSSR count). The Morgan fingerprint density at radius 1 is 0.444 bits per heavy atom. The molecule has 0 aliphatic rings. The summed E-state index contributed by atoms with van der Waals surface area (Å²) in [5.74, 6) is 0. The SMILES string of the molecule is Cc1cc2c(-c3ccccc3)cccc2[cH-]1.Cc1ccc2c(c1)[cH-]c1cc(C)ccc12.[Zr+2]=[C](c1ccccc1)c1ccccc1. The van der Waals surface area contributed by atoms with Crippen LogP contribution >= 0.6 is 0 Å². The molecule has 0 radical (unpaired) electrons. The molecule has 1 heteroatoms. The fraction of sp³-hybridized carbons (Fsp3) is 0.0682. The number of aryl methyl sites for hydroxylation is 3. The predicted octanol–water partition coefficient (Wildman–Crippen LogP) is 11.7. The van der Waals surface area contributed by atoms with E-state index in [0.29, 0.717) is 0 Å².